The average molecular weight is 283 g/mol. The van der Waals surface area contributed by atoms with Gasteiger partial charge in [-0.2, -0.15) is 0 Å². The zero-order valence-electron chi connectivity index (χ0n) is 11.5. The van der Waals surface area contributed by atoms with E-state index in [1.54, 1.807) is 19.1 Å². The zero-order chi connectivity index (χ0) is 14.8. The van der Waals surface area contributed by atoms with Gasteiger partial charge in [0.25, 0.3) is 6.43 Å². The number of carboxylic acid groups (broad SMARTS) is 1. The third kappa shape index (κ3) is 3.33. The summed E-state index contributed by atoms with van der Waals surface area (Å²) in [6, 6.07) is 6.33. The molecule has 20 heavy (non-hydrogen) atoms. The third-order valence-corrected chi connectivity index (χ3v) is 4.11. The summed E-state index contributed by atoms with van der Waals surface area (Å²) in [5.41, 5.74) is 0.384. The number of alkyl halides is 2. The van der Waals surface area contributed by atoms with Gasteiger partial charge >= 0.3 is 5.97 Å². The van der Waals surface area contributed by atoms with Gasteiger partial charge in [0.05, 0.1) is 5.41 Å². The van der Waals surface area contributed by atoms with Crippen LogP contribution in [-0.4, -0.2) is 29.1 Å². The minimum Gasteiger partial charge on any atom is -0.481 e. The Hall–Kier alpha value is -1.49. The molecular weight excluding hydrogens is 264 g/mol. The van der Waals surface area contributed by atoms with Crippen LogP contribution in [-0.2, 0) is 11.3 Å². The molecule has 0 aromatic heterocycles. The molecule has 1 fully saturated rings. The van der Waals surface area contributed by atoms with E-state index in [1.807, 2.05) is 0 Å². The molecule has 0 radical (unpaired) electrons. The second kappa shape index (κ2) is 5.87. The van der Waals surface area contributed by atoms with Crippen molar-refractivity contribution in [3.8, 4) is 0 Å². The number of nitrogens with zero attached hydrogens (tertiary/aromatic N) is 1. The van der Waals surface area contributed by atoms with E-state index in [1.165, 1.54) is 12.1 Å². The van der Waals surface area contributed by atoms with Crippen LogP contribution in [0.15, 0.2) is 24.3 Å². The van der Waals surface area contributed by atoms with E-state index in [4.69, 9.17) is 5.11 Å². The van der Waals surface area contributed by atoms with Gasteiger partial charge in [0.2, 0.25) is 0 Å². The number of likely N-dealkylation sites (tertiary alicyclic amines) is 1. The van der Waals surface area contributed by atoms with Gasteiger partial charge in [-0.25, -0.2) is 8.78 Å². The highest BCUT2D eigenvalue weighted by Gasteiger charge is 2.36. The van der Waals surface area contributed by atoms with Crippen molar-refractivity contribution in [3.05, 3.63) is 35.4 Å². The van der Waals surface area contributed by atoms with E-state index >= 15 is 0 Å². The van der Waals surface area contributed by atoms with E-state index in [0.29, 0.717) is 19.4 Å². The predicted molar refractivity (Wildman–Crippen MR) is 71.7 cm³/mol. The maximum absolute atomic E-state index is 12.5. The van der Waals surface area contributed by atoms with Gasteiger partial charge in [0.1, 0.15) is 0 Å². The Labute approximate surface area is 117 Å². The molecule has 2 rings (SSSR count). The largest absolute Gasteiger partial charge is 0.481 e. The number of hydrogen-bond donors (Lipinski definition) is 1. The average Bonchev–Trinajstić information content (AvgIpc) is 2.42. The zero-order valence-corrected chi connectivity index (χ0v) is 11.5. The van der Waals surface area contributed by atoms with Crippen LogP contribution in [0.2, 0.25) is 0 Å². The first-order chi connectivity index (χ1) is 9.40. The molecule has 0 spiro atoms. The number of carboxylic acids is 1. The van der Waals surface area contributed by atoms with Crippen LogP contribution in [0, 0.1) is 5.41 Å². The summed E-state index contributed by atoms with van der Waals surface area (Å²) < 4.78 is 24.9. The van der Waals surface area contributed by atoms with Crippen LogP contribution in [0.5, 0.6) is 0 Å². The van der Waals surface area contributed by atoms with E-state index in [-0.39, 0.29) is 5.56 Å². The molecule has 1 aliphatic heterocycles. The number of carbonyl (C=O) groups is 1. The first-order valence-corrected chi connectivity index (χ1v) is 6.73. The van der Waals surface area contributed by atoms with Gasteiger partial charge in [-0.1, -0.05) is 24.3 Å². The quantitative estimate of drug-likeness (QED) is 0.921. The molecule has 1 aliphatic rings. The van der Waals surface area contributed by atoms with Crippen molar-refractivity contribution in [2.45, 2.75) is 32.7 Å². The van der Waals surface area contributed by atoms with Crippen LogP contribution in [0.3, 0.4) is 0 Å². The highest BCUT2D eigenvalue weighted by Crippen LogP contribution is 2.31. The first kappa shape index (κ1) is 14.9. The molecule has 110 valence electrons. The first-order valence-electron chi connectivity index (χ1n) is 6.73. The smallest absolute Gasteiger partial charge is 0.309 e. The number of piperidine rings is 1. The minimum absolute atomic E-state index is 0.0332. The second-order valence-electron chi connectivity index (χ2n) is 5.68. The Balaban J connectivity index is 1.91. The molecule has 3 nitrogen and oxygen atoms in total. The van der Waals surface area contributed by atoms with Crippen molar-refractivity contribution in [1.82, 2.24) is 4.90 Å². The summed E-state index contributed by atoms with van der Waals surface area (Å²) in [6.07, 6.45) is -1.19. The molecule has 1 heterocycles. The van der Waals surface area contributed by atoms with Gasteiger partial charge < -0.3 is 5.11 Å². The van der Waals surface area contributed by atoms with E-state index < -0.39 is 17.8 Å². The van der Waals surface area contributed by atoms with Crippen molar-refractivity contribution in [2.75, 3.05) is 13.1 Å². The second-order valence-corrected chi connectivity index (χ2v) is 5.68. The van der Waals surface area contributed by atoms with Gasteiger partial charge in [-0.3, -0.25) is 9.69 Å². The highest BCUT2D eigenvalue weighted by molar-refractivity contribution is 5.74. The monoisotopic (exact) mass is 283 g/mol. The lowest BCUT2D eigenvalue weighted by Crippen LogP contribution is -2.42. The molecule has 1 N–H and O–H groups in total. The number of hydrogen-bond acceptors (Lipinski definition) is 2. The van der Waals surface area contributed by atoms with E-state index in [2.05, 4.69) is 4.90 Å². The van der Waals surface area contributed by atoms with Crippen molar-refractivity contribution >= 4 is 5.97 Å². The van der Waals surface area contributed by atoms with Crippen LogP contribution >= 0.6 is 0 Å². The molecule has 1 aromatic rings. The maximum Gasteiger partial charge on any atom is 0.309 e. The van der Waals surface area contributed by atoms with Crippen molar-refractivity contribution in [1.29, 1.82) is 0 Å². The lowest BCUT2D eigenvalue weighted by atomic mass is 9.80. The van der Waals surface area contributed by atoms with Crippen LogP contribution < -0.4 is 0 Å². The molecule has 0 atom stereocenters. The topological polar surface area (TPSA) is 40.5 Å². The Morgan fingerprint density at radius 1 is 1.30 bits per heavy atom. The number of halogens is 2. The van der Waals surface area contributed by atoms with Crippen molar-refractivity contribution in [2.24, 2.45) is 5.41 Å². The highest BCUT2D eigenvalue weighted by atomic mass is 19.3. The van der Waals surface area contributed by atoms with Crippen molar-refractivity contribution in [3.63, 3.8) is 0 Å². The summed E-state index contributed by atoms with van der Waals surface area (Å²) in [6.45, 7) is 3.90. The molecule has 0 aliphatic carbocycles. The Morgan fingerprint density at radius 3 is 2.30 bits per heavy atom. The SMILES string of the molecule is CC1(C(=O)O)CCN(Cc2ccc(C(F)F)cc2)CC1. The molecule has 0 bridgehead atoms. The predicted octanol–water partition coefficient (Wildman–Crippen LogP) is 3.31. The summed E-state index contributed by atoms with van der Waals surface area (Å²) in [5.74, 6) is -0.738. The molecule has 0 unspecified atom stereocenters. The lowest BCUT2D eigenvalue weighted by molar-refractivity contribution is -0.150. The number of aliphatic carboxylic acids is 1. The standard InChI is InChI=1S/C15H19F2NO2/c1-15(14(19)20)6-8-18(9-7-15)10-11-2-4-12(5-3-11)13(16)17/h2-5,13H,6-10H2,1H3,(H,19,20). The minimum atomic E-state index is -2.43. The van der Waals surface area contributed by atoms with E-state index in [9.17, 15) is 13.6 Å². The van der Waals surface area contributed by atoms with Crippen LogP contribution in [0.4, 0.5) is 8.78 Å². The summed E-state index contributed by atoms with van der Waals surface area (Å²) >= 11 is 0. The number of benzene rings is 1. The van der Waals surface area contributed by atoms with Crippen molar-refractivity contribution < 1.29 is 18.7 Å². The van der Waals surface area contributed by atoms with Gasteiger partial charge in [0, 0.05) is 12.1 Å². The molecule has 0 saturated carbocycles. The fourth-order valence-electron chi connectivity index (χ4n) is 2.45. The Kier molecular flexibility index (Phi) is 4.38. The summed E-state index contributed by atoms with van der Waals surface area (Å²) in [5, 5.41) is 9.17. The van der Waals surface area contributed by atoms with Crippen LogP contribution in [0.1, 0.15) is 37.3 Å². The van der Waals surface area contributed by atoms with Gasteiger partial charge in [-0.15, -0.1) is 0 Å². The molecule has 5 heteroatoms. The lowest BCUT2D eigenvalue weighted by Gasteiger charge is -2.36. The Bertz CT molecular complexity index is 465. The van der Waals surface area contributed by atoms with E-state index in [0.717, 1.165) is 18.7 Å². The summed E-state index contributed by atoms with van der Waals surface area (Å²) in [4.78, 5) is 13.3. The summed E-state index contributed by atoms with van der Waals surface area (Å²) in [7, 11) is 0. The normalized spacial score (nSPS) is 19.2. The van der Waals surface area contributed by atoms with Crippen LogP contribution in [0.25, 0.3) is 0 Å². The fourth-order valence-corrected chi connectivity index (χ4v) is 2.45. The molecule has 1 saturated heterocycles. The molecule has 0 amide bonds. The number of rotatable bonds is 4. The van der Waals surface area contributed by atoms with Gasteiger partial charge in [0.15, 0.2) is 0 Å². The third-order valence-electron chi connectivity index (χ3n) is 4.11. The maximum atomic E-state index is 12.5. The fraction of sp³-hybridized carbons (Fsp3) is 0.533. The molecule has 1 aromatic carbocycles. The Morgan fingerprint density at radius 2 is 1.85 bits per heavy atom. The molecular formula is C15H19F2NO2. The van der Waals surface area contributed by atoms with Gasteiger partial charge in [-0.05, 0) is 38.4 Å².